The number of hydrogen-bond donors (Lipinski definition) is 3. The summed E-state index contributed by atoms with van der Waals surface area (Å²) in [5.41, 5.74) is -0.852. The molecule has 128 valence electrons. The second-order valence-corrected chi connectivity index (χ2v) is 6.58. The molecule has 2 heterocycles. The molecule has 1 fully saturated rings. The molecule has 3 N–H and O–H groups in total. The maximum Gasteiger partial charge on any atom is 0.293 e. The van der Waals surface area contributed by atoms with E-state index < -0.39 is 17.2 Å². The zero-order chi connectivity index (χ0) is 17.0. The van der Waals surface area contributed by atoms with Gasteiger partial charge in [0.1, 0.15) is 5.82 Å². The molecular formula is C16H26N4O3. The van der Waals surface area contributed by atoms with E-state index in [4.69, 9.17) is 0 Å². The number of nitrogens with zero attached hydrogens (tertiary/aromatic N) is 2. The lowest BCUT2D eigenvalue weighted by molar-refractivity contribution is 0.0941. The Morgan fingerprint density at radius 1 is 1.48 bits per heavy atom. The number of H-pyrrole nitrogens is 1. The molecule has 1 atom stereocenters. The van der Waals surface area contributed by atoms with Crippen LogP contribution >= 0.6 is 0 Å². The molecule has 1 aliphatic heterocycles. The van der Waals surface area contributed by atoms with E-state index in [1.54, 1.807) is 0 Å². The number of carbonyl (C=O) groups excluding carboxylic acids is 1. The van der Waals surface area contributed by atoms with Gasteiger partial charge in [0.25, 0.3) is 11.5 Å². The van der Waals surface area contributed by atoms with E-state index >= 15 is 0 Å². The second-order valence-electron chi connectivity index (χ2n) is 6.58. The summed E-state index contributed by atoms with van der Waals surface area (Å²) in [7, 11) is 1.97. The Morgan fingerprint density at radius 3 is 2.87 bits per heavy atom. The van der Waals surface area contributed by atoms with Crippen LogP contribution in [0.2, 0.25) is 0 Å². The third-order valence-electron chi connectivity index (χ3n) is 4.22. The second kappa shape index (κ2) is 7.59. The number of carbonyl (C=O) groups is 1. The monoisotopic (exact) mass is 322 g/mol. The molecule has 0 spiro atoms. The van der Waals surface area contributed by atoms with Crippen LogP contribution in [0.4, 0.5) is 0 Å². The van der Waals surface area contributed by atoms with Crippen molar-refractivity contribution in [2.24, 2.45) is 5.92 Å². The van der Waals surface area contributed by atoms with Crippen LogP contribution in [-0.4, -0.2) is 46.0 Å². The molecule has 1 aromatic rings. The number of aromatic hydroxyl groups is 1. The first kappa shape index (κ1) is 17.5. The first-order valence-electron chi connectivity index (χ1n) is 8.21. The van der Waals surface area contributed by atoms with Crippen LogP contribution in [0.15, 0.2) is 4.79 Å². The smallest absolute Gasteiger partial charge is 0.293 e. The van der Waals surface area contributed by atoms with Gasteiger partial charge in [-0.15, -0.1) is 0 Å². The fraction of sp³-hybridized carbons (Fsp3) is 0.688. The van der Waals surface area contributed by atoms with Crippen molar-refractivity contribution in [1.29, 1.82) is 0 Å². The average Bonchev–Trinajstić information content (AvgIpc) is 2.50. The van der Waals surface area contributed by atoms with Crippen LogP contribution in [-0.2, 0) is 0 Å². The molecule has 0 bridgehead atoms. The van der Waals surface area contributed by atoms with Crippen LogP contribution < -0.4 is 10.9 Å². The van der Waals surface area contributed by atoms with Gasteiger partial charge >= 0.3 is 0 Å². The van der Waals surface area contributed by atoms with Gasteiger partial charge in [0.15, 0.2) is 5.69 Å². The van der Waals surface area contributed by atoms with E-state index in [2.05, 4.69) is 34.0 Å². The van der Waals surface area contributed by atoms with Gasteiger partial charge in [-0.1, -0.05) is 20.3 Å². The standard InChI is InChI=1S/C16H26N4O3/c1-10(2)7-8-17-15(22)12-13(21)16(23)19-14(18-12)11-6-4-5-9-20(11)3/h10-11,21H,4-9H2,1-3H3,(H,17,22)(H,18,19,23). The lowest BCUT2D eigenvalue weighted by atomic mass is 10.0. The van der Waals surface area contributed by atoms with Gasteiger partial charge in [0, 0.05) is 6.54 Å². The molecule has 1 amide bonds. The molecule has 23 heavy (non-hydrogen) atoms. The molecule has 1 aliphatic rings. The van der Waals surface area contributed by atoms with Crippen molar-refractivity contribution in [1.82, 2.24) is 20.2 Å². The van der Waals surface area contributed by atoms with E-state index in [9.17, 15) is 14.7 Å². The van der Waals surface area contributed by atoms with E-state index in [0.29, 0.717) is 18.3 Å². The van der Waals surface area contributed by atoms with Crippen molar-refractivity contribution in [2.45, 2.75) is 45.6 Å². The van der Waals surface area contributed by atoms with Gasteiger partial charge in [0.05, 0.1) is 6.04 Å². The van der Waals surface area contributed by atoms with E-state index in [0.717, 1.165) is 32.2 Å². The van der Waals surface area contributed by atoms with Gasteiger partial charge in [0.2, 0.25) is 5.75 Å². The number of nitrogens with one attached hydrogen (secondary N) is 2. The lowest BCUT2D eigenvalue weighted by Gasteiger charge is -2.31. The Balaban J connectivity index is 2.22. The molecule has 7 heteroatoms. The highest BCUT2D eigenvalue weighted by atomic mass is 16.3. The zero-order valence-electron chi connectivity index (χ0n) is 14.1. The highest BCUT2D eigenvalue weighted by molar-refractivity contribution is 5.94. The SMILES string of the molecule is CC(C)CCNC(=O)c1nc(C2CCCCN2C)[nH]c(=O)c1O. The van der Waals surface area contributed by atoms with Crippen LogP contribution in [0, 0.1) is 5.92 Å². The minimum Gasteiger partial charge on any atom is -0.501 e. The van der Waals surface area contributed by atoms with Crippen molar-refractivity contribution in [3.05, 3.63) is 21.9 Å². The summed E-state index contributed by atoms with van der Waals surface area (Å²) in [5.74, 6) is -0.213. The fourth-order valence-corrected chi connectivity index (χ4v) is 2.78. The molecule has 0 aromatic carbocycles. The van der Waals surface area contributed by atoms with Crippen molar-refractivity contribution in [3.63, 3.8) is 0 Å². The lowest BCUT2D eigenvalue weighted by Crippen LogP contribution is -2.34. The summed E-state index contributed by atoms with van der Waals surface area (Å²) in [6.45, 7) is 5.53. The average molecular weight is 322 g/mol. The molecule has 1 unspecified atom stereocenters. The molecular weight excluding hydrogens is 296 g/mol. The number of rotatable bonds is 5. The number of likely N-dealkylation sites (tertiary alicyclic amines) is 1. The minimum atomic E-state index is -0.664. The Hall–Kier alpha value is -1.89. The largest absolute Gasteiger partial charge is 0.501 e. The number of hydrogen-bond acceptors (Lipinski definition) is 5. The highest BCUT2D eigenvalue weighted by Gasteiger charge is 2.26. The molecule has 0 radical (unpaired) electrons. The third kappa shape index (κ3) is 4.31. The van der Waals surface area contributed by atoms with Gasteiger partial charge in [-0.2, -0.15) is 0 Å². The van der Waals surface area contributed by atoms with Gasteiger partial charge in [-0.3, -0.25) is 14.5 Å². The summed E-state index contributed by atoms with van der Waals surface area (Å²) in [4.78, 5) is 33.1. The summed E-state index contributed by atoms with van der Waals surface area (Å²) in [5, 5.41) is 12.6. The van der Waals surface area contributed by atoms with E-state index in [1.165, 1.54) is 0 Å². The first-order chi connectivity index (χ1) is 10.9. The summed E-state index contributed by atoms with van der Waals surface area (Å²) in [6, 6.07) is -0.0285. The van der Waals surface area contributed by atoms with Gasteiger partial charge in [-0.05, 0) is 38.8 Å². The molecule has 0 saturated carbocycles. The topological polar surface area (TPSA) is 98.3 Å². The molecule has 0 aliphatic carbocycles. The summed E-state index contributed by atoms with van der Waals surface area (Å²) >= 11 is 0. The van der Waals surface area contributed by atoms with Crippen molar-refractivity contribution < 1.29 is 9.90 Å². The van der Waals surface area contributed by atoms with Crippen molar-refractivity contribution in [3.8, 4) is 5.75 Å². The molecule has 1 saturated heterocycles. The van der Waals surface area contributed by atoms with Crippen LogP contribution in [0.1, 0.15) is 61.9 Å². The van der Waals surface area contributed by atoms with E-state index in [1.807, 2.05) is 7.05 Å². The van der Waals surface area contributed by atoms with Crippen molar-refractivity contribution >= 4 is 5.91 Å². The normalized spacial score (nSPS) is 19.0. The maximum atomic E-state index is 12.2. The predicted octanol–water partition coefficient (Wildman–Crippen LogP) is 1.41. The summed E-state index contributed by atoms with van der Waals surface area (Å²) < 4.78 is 0. The quantitative estimate of drug-likeness (QED) is 0.761. The number of piperidine rings is 1. The molecule has 1 aromatic heterocycles. The number of aromatic nitrogens is 2. The third-order valence-corrected chi connectivity index (χ3v) is 4.22. The van der Waals surface area contributed by atoms with Crippen molar-refractivity contribution in [2.75, 3.05) is 20.1 Å². The maximum absolute atomic E-state index is 12.2. The van der Waals surface area contributed by atoms with Crippen LogP contribution in [0.5, 0.6) is 5.75 Å². The van der Waals surface area contributed by atoms with E-state index in [-0.39, 0.29) is 11.7 Å². The summed E-state index contributed by atoms with van der Waals surface area (Å²) in [6.07, 6.45) is 3.86. The Labute approximate surface area is 136 Å². The first-order valence-corrected chi connectivity index (χ1v) is 8.21. The zero-order valence-corrected chi connectivity index (χ0v) is 14.1. The Morgan fingerprint density at radius 2 is 2.22 bits per heavy atom. The molecule has 2 rings (SSSR count). The Bertz CT molecular complexity index is 612. The van der Waals surface area contributed by atoms with Gasteiger partial charge in [-0.25, -0.2) is 4.98 Å². The van der Waals surface area contributed by atoms with Crippen LogP contribution in [0.25, 0.3) is 0 Å². The van der Waals surface area contributed by atoms with Gasteiger partial charge < -0.3 is 15.4 Å². The minimum absolute atomic E-state index is 0.0285. The molecule has 7 nitrogen and oxygen atoms in total. The number of amides is 1. The Kier molecular flexibility index (Phi) is 5.76. The fourth-order valence-electron chi connectivity index (χ4n) is 2.78. The highest BCUT2D eigenvalue weighted by Crippen LogP contribution is 2.27. The van der Waals surface area contributed by atoms with Crippen LogP contribution in [0.3, 0.4) is 0 Å². The number of aromatic amines is 1. The predicted molar refractivity (Wildman–Crippen MR) is 87.5 cm³/mol.